The summed E-state index contributed by atoms with van der Waals surface area (Å²) in [6, 6.07) is 13.5. The molecule has 4 nitrogen and oxygen atoms in total. The van der Waals surface area contributed by atoms with Gasteiger partial charge in [-0.1, -0.05) is 55.2 Å². The molecule has 1 aliphatic rings. The van der Waals surface area contributed by atoms with E-state index in [-0.39, 0.29) is 0 Å². The first kappa shape index (κ1) is 20.4. The molecule has 1 fully saturated rings. The summed E-state index contributed by atoms with van der Waals surface area (Å²) in [6.45, 7) is 9.63. The first-order valence-electron chi connectivity index (χ1n) is 10.2. The van der Waals surface area contributed by atoms with Gasteiger partial charge in [-0.05, 0) is 43.1 Å². The van der Waals surface area contributed by atoms with E-state index in [0.29, 0.717) is 15.9 Å². The third-order valence-electron chi connectivity index (χ3n) is 5.46. The molecule has 0 spiro atoms. The molecule has 0 N–H and O–H groups in total. The smallest absolute Gasteiger partial charge is 0.163 e. The predicted molar refractivity (Wildman–Crippen MR) is 123 cm³/mol. The normalized spacial score (nSPS) is 15.4. The third-order valence-corrected chi connectivity index (χ3v) is 6.11. The van der Waals surface area contributed by atoms with Crippen LogP contribution in [0.5, 0.6) is 0 Å². The van der Waals surface area contributed by atoms with Gasteiger partial charge in [0.05, 0.1) is 20.9 Å². The van der Waals surface area contributed by atoms with Crippen LogP contribution in [0.2, 0.25) is 10.0 Å². The zero-order chi connectivity index (χ0) is 20.4. The molecule has 1 aromatic heterocycles. The first-order chi connectivity index (χ1) is 14.0. The molecule has 0 atom stereocenters. The van der Waals surface area contributed by atoms with Crippen LogP contribution in [0, 0.1) is 5.92 Å². The maximum absolute atomic E-state index is 6.58. The maximum Gasteiger partial charge on any atom is 0.163 e. The number of aromatic nitrogens is 2. The van der Waals surface area contributed by atoms with E-state index in [0.717, 1.165) is 60.9 Å². The van der Waals surface area contributed by atoms with Gasteiger partial charge in [0.25, 0.3) is 0 Å². The van der Waals surface area contributed by atoms with E-state index < -0.39 is 0 Å². The molecule has 0 radical (unpaired) electrons. The number of anilines is 1. The van der Waals surface area contributed by atoms with Crippen LogP contribution in [-0.2, 0) is 0 Å². The van der Waals surface area contributed by atoms with Crippen molar-refractivity contribution in [2.24, 2.45) is 5.92 Å². The molecule has 0 amide bonds. The Labute approximate surface area is 182 Å². The standard InChI is InChI=1S/C23H26Cl2N4/c1-16(2)10-11-28-12-14-29(15-13-28)23-21-19(25)8-5-9-20(21)26-22(27-23)17-6-3-4-7-18(17)24/h3-9,16H,10-15H2,1-2H3. The number of halogens is 2. The zero-order valence-corrected chi connectivity index (χ0v) is 18.4. The summed E-state index contributed by atoms with van der Waals surface area (Å²) in [5.41, 5.74) is 1.69. The maximum atomic E-state index is 6.58. The van der Waals surface area contributed by atoms with Crippen LogP contribution >= 0.6 is 23.2 Å². The molecule has 1 aliphatic heterocycles. The molecule has 6 heteroatoms. The summed E-state index contributed by atoms with van der Waals surface area (Å²) in [4.78, 5) is 14.6. The number of benzene rings is 2. The van der Waals surface area contributed by atoms with Gasteiger partial charge in [0.15, 0.2) is 5.82 Å². The summed E-state index contributed by atoms with van der Waals surface area (Å²) < 4.78 is 0. The fourth-order valence-corrected chi connectivity index (χ4v) is 4.21. The zero-order valence-electron chi connectivity index (χ0n) is 16.9. The Balaban J connectivity index is 1.69. The minimum Gasteiger partial charge on any atom is -0.353 e. The molecular weight excluding hydrogens is 403 g/mol. The van der Waals surface area contributed by atoms with Crippen LogP contribution in [-0.4, -0.2) is 47.6 Å². The van der Waals surface area contributed by atoms with Gasteiger partial charge in [0.1, 0.15) is 5.82 Å². The summed E-state index contributed by atoms with van der Waals surface area (Å²) >= 11 is 13.0. The Hall–Kier alpha value is -1.88. The Morgan fingerprint density at radius 1 is 0.897 bits per heavy atom. The van der Waals surface area contributed by atoms with Gasteiger partial charge in [-0.25, -0.2) is 9.97 Å². The van der Waals surface area contributed by atoms with Gasteiger partial charge < -0.3 is 4.90 Å². The quantitative estimate of drug-likeness (QED) is 0.515. The molecule has 0 saturated carbocycles. The van der Waals surface area contributed by atoms with Crippen molar-refractivity contribution >= 4 is 39.9 Å². The molecule has 0 aliphatic carbocycles. The lowest BCUT2D eigenvalue weighted by molar-refractivity contribution is 0.243. The van der Waals surface area contributed by atoms with Gasteiger partial charge >= 0.3 is 0 Å². The van der Waals surface area contributed by atoms with E-state index in [1.807, 2.05) is 42.5 Å². The molecular formula is C23H26Cl2N4. The number of nitrogens with zero attached hydrogens (tertiary/aromatic N) is 4. The van der Waals surface area contributed by atoms with Crippen LogP contribution in [0.15, 0.2) is 42.5 Å². The van der Waals surface area contributed by atoms with Gasteiger partial charge in [0, 0.05) is 31.7 Å². The van der Waals surface area contributed by atoms with E-state index in [1.54, 1.807) is 0 Å². The number of fused-ring (bicyclic) bond motifs is 1. The van der Waals surface area contributed by atoms with E-state index >= 15 is 0 Å². The van der Waals surface area contributed by atoms with Crippen molar-refractivity contribution in [3.8, 4) is 11.4 Å². The Morgan fingerprint density at radius 3 is 2.34 bits per heavy atom. The molecule has 0 unspecified atom stereocenters. The highest BCUT2D eigenvalue weighted by Gasteiger charge is 2.22. The molecule has 29 heavy (non-hydrogen) atoms. The second-order valence-corrected chi connectivity index (χ2v) is 8.81. The number of hydrogen-bond donors (Lipinski definition) is 0. The van der Waals surface area contributed by atoms with Crippen LogP contribution in [0.3, 0.4) is 0 Å². The Bertz CT molecular complexity index is 997. The lowest BCUT2D eigenvalue weighted by Crippen LogP contribution is -2.47. The van der Waals surface area contributed by atoms with Crippen molar-refractivity contribution in [3.63, 3.8) is 0 Å². The second kappa shape index (κ2) is 8.86. The van der Waals surface area contributed by atoms with E-state index in [2.05, 4.69) is 23.6 Å². The van der Waals surface area contributed by atoms with Crippen LogP contribution in [0.25, 0.3) is 22.3 Å². The molecule has 2 aromatic carbocycles. The fourth-order valence-electron chi connectivity index (χ4n) is 3.74. The highest BCUT2D eigenvalue weighted by molar-refractivity contribution is 6.36. The summed E-state index contributed by atoms with van der Waals surface area (Å²) in [5.74, 6) is 2.28. The highest BCUT2D eigenvalue weighted by Crippen LogP contribution is 2.34. The van der Waals surface area contributed by atoms with E-state index in [9.17, 15) is 0 Å². The SMILES string of the molecule is CC(C)CCN1CCN(c2nc(-c3ccccc3Cl)nc3cccc(Cl)c23)CC1. The molecule has 1 saturated heterocycles. The van der Waals surface area contributed by atoms with Crippen molar-refractivity contribution in [2.75, 3.05) is 37.6 Å². The van der Waals surface area contributed by atoms with Crippen LogP contribution in [0.4, 0.5) is 5.82 Å². The number of hydrogen-bond acceptors (Lipinski definition) is 4. The topological polar surface area (TPSA) is 32.3 Å². The van der Waals surface area contributed by atoms with Crippen molar-refractivity contribution in [1.29, 1.82) is 0 Å². The van der Waals surface area contributed by atoms with Crippen LogP contribution < -0.4 is 4.90 Å². The summed E-state index contributed by atoms with van der Waals surface area (Å²) in [6.07, 6.45) is 1.24. The molecule has 152 valence electrons. The van der Waals surface area contributed by atoms with Gasteiger partial charge in [0.2, 0.25) is 0 Å². The lowest BCUT2D eigenvalue weighted by Gasteiger charge is -2.36. The molecule has 2 heterocycles. The van der Waals surface area contributed by atoms with Crippen molar-refractivity contribution in [1.82, 2.24) is 14.9 Å². The molecule has 4 rings (SSSR count). The lowest BCUT2D eigenvalue weighted by atomic mass is 10.1. The minimum absolute atomic E-state index is 0.641. The largest absolute Gasteiger partial charge is 0.353 e. The van der Waals surface area contributed by atoms with E-state index in [1.165, 1.54) is 6.42 Å². The Kier molecular flexibility index (Phi) is 6.23. The van der Waals surface area contributed by atoms with Gasteiger partial charge in [-0.2, -0.15) is 0 Å². The molecule has 0 bridgehead atoms. The van der Waals surface area contributed by atoms with Gasteiger partial charge in [-0.15, -0.1) is 0 Å². The number of rotatable bonds is 5. The fraction of sp³-hybridized carbons (Fsp3) is 0.391. The average Bonchev–Trinajstić information content (AvgIpc) is 2.72. The van der Waals surface area contributed by atoms with E-state index in [4.69, 9.17) is 33.2 Å². The van der Waals surface area contributed by atoms with Crippen molar-refractivity contribution in [3.05, 3.63) is 52.5 Å². The predicted octanol–water partition coefficient (Wildman–Crippen LogP) is 5.77. The minimum atomic E-state index is 0.641. The van der Waals surface area contributed by atoms with Crippen molar-refractivity contribution < 1.29 is 0 Å². The average molecular weight is 429 g/mol. The number of piperazine rings is 1. The van der Waals surface area contributed by atoms with Crippen LogP contribution in [0.1, 0.15) is 20.3 Å². The monoisotopic (exact) mass is 428 g/mol. The third kappa shape index (κ3) is 4.50. The Morgan fingerprint density at radius 2 is 1.62 bits per heavy atom. The highest BCUT2D eigenvalue weighted by atomic mass is 35.5. The summed E-state index contributed by atoms with van der Waals surface area (Å²) in [7, 11) is 0. The van der Waals surface area contributed by atoms with Gasteiger partial charge in [-0.3, -0.25) is 4.90 Å². The van der Waals surface area contributed by atoms with Crippen molar-refractivity contribution in [2.45, 2.75) is 20.3 Å². The molecule has 3 aromatic rings. The summed E-state index contributed by atoms with van der Waals surface area (Å²) in [5, 5.41) is 2.25. The first-order valence-corrected chi connectivity index (χ1v) is 11.0. The second-order valence-electron chi connectivity index (χ2n) is 8.00.